The number of carbonyl (C=O) groups excluding carboxylic acids is 1. The molecule has 3 aliphatic rings. The van der Waals surface area contributed by atoms with Crippen molar-refractivity contribution in [3.8, 4) is 0 Å². The molecule has 0 spiro atoms. The molecule has 2 aliphatic heterocycles. The first-order valence-corrected chi connectivity index (χ1v) is 7.53. The van der Waals surface area contributed by atoms with Gasteiger partial charge in [0.1, 0.15) is 0 Å². The number of ether oxygens (including phenoxy) is 1. The van der Waals surface area contributed by atoms with Gasteiger partial charge in [0.2, 0.25) is 0 Å². The van der Waals surface area contributed by atoms with Gasteiger partial charge in [-0.25, -0.2) is 0 Å². The first-order chi connectivity index (χ1) is 9.77. The van der Waals surface area contributed by atoms with Crippen LogP contribution in [0.3, 0.4) is 0 Å². The summed E-state index contributed by atoms with van der Waals surface area (Å²) in [5, 5.41) is 0. The zero-order valence-electron chi connectivity index (χ0n) is 11.5. The second kappa shape index (κ2) is 4.57. The molecule has 4 atom stereocenters. The number of carbonyl (C=O) groups is 1. The van der Waals surface area contributed by atoms with Gasteiger partial charge in [0.15, 0.2) is 0 Å². The van der Waals surface area contributed by atoms with Crippen molar-refractivity contribution in [1.29, 1.82) is 0 Å². The molecule has 4 unspecified atom stereocenters. The topological polar surface area (TPSA) is 55.6 Å². The predicted octanol–water partition coefficient (Wildman–Crippen LogP) is 1.19. The van der Waals surface area contributed by atoms with Crippen molar-refractivity contribution in [2.24, 2.45) is 11.7 Å². The summed E-state index contributed by atoms with van der Waals surface area (Å²) >= 11 is 0. The zero-order valence-corrected chi connectivity index (χ0v) is 11.5. The van der Waals surface area contributed by atoms with Crippen LogP contribution >= 0.6 is 0 Å². The third kappa shape index (κ3) is 1.64. The summed E-state index contributed by atoms with van der Waals surface area (Å²) < 4.78 is 5.88. The second-order valence-corrected chi connectivity index (χ2v) is 6.12. The summed E-state index contributed by atoms with van der Waals surface area (Å²) in [6.45, 7) is 1.57. The van der Waals surface area contributed by atoms with E-state index in [1.807, 2.05) is 29.2 Å². The average Bonchev–Trinajstić information content (AvgIpc) is 2.50. The molecule has 1 aromatic carbocycles. The van der Waals surface area contributed by atoms with Gasteiger partial charge in [0, 0.05) is 30.7 Å². The molecule has 0 aromatic heterocycles. The van der Waals surface area contributed by atoms with E-state index in [1.54, 1.807) is 0 Å². The van der Waals surface area contributed by atoms with Crippen LogP contribution in [0.25, 0.3) is 0 Å². The second-order valence-electron chi connectivity index (χ2n) is 6.12. The van der Waals surface area contributed by atoms with Gasteiger partial charge >= 0.3 is 0 Å². The highest BCUT2D eigenvalue weighted by atomic mass is 16.5. The minimum Gasteiger partial charge on any atom is -0.376 e. The van der Waals surface area contributed by atoms with Crippen LogP contribution in [0.5, 0.6) is 0 Å². The van der Waals surface area contributed by atoms with E-state index < -0.39 is 0 Å². The van der Waals surface area contributed by atoms with Crippen molar-refractivity contribution < 1.29 is 9.53 Å². The summed E-state index contributed by atoms with van der Waals surface area (Å²) in [7, 11) is 0. The molecule has 1 amide bonds. The first-order valence-electron chi connectivity index (χ1n) is 7.53. The molecule has 2 fully saturated rings. The highest BCUT2D eigenvalue weighted by Gasteiger charge is 2.54. The van der Waals surface area contributed by atoms with E-state index in [2.05, 4.69) is 0 Å². The van der Waals surface area contributed by atoms with Gasteiger partial charge in [0.25, 0.3) is 5.91 Å². The Hall–Kier alpha value is -1.39. The number of amides is 1. The number of hydrogen-bond acceptors (Lipinski definition) is 3. The van der Waals surface area contributed by atoms with E-state index in [1.165, 1.54) is 0 Å². The van der Waals surface area contributed by atoms with Gasteiger partial charge in [-0.2, -0.15) is 0 Å². The van der Waals surface area contributed by atoms with Crippen molar-refractivity contribution in [2.75, 3.05) is 13.2 Å². The Morgan fingerprint density at radius 3 is 3.05 bits per heavy atom. The zero-order chi connectivity index (χ0) is 13.7. The van der Waals surface area contributed by atoms with Crippen molar-refractivity contribution >= 4 is 5.91 Å². The average molecular weight is 272 g/mol. The van der Waals surface area contributed by atoms with E-state index in [0.717, 1.165) is 43.5 Å². The number of nitrogens with two attached hydrogens (primary N) is 1. The first kappa shape index (κ1) is 12.4. The van der Waals surface area contributed by atoms with Crippen LogP contribution in [0.4, 0.5) is 0 Å². The van der Waals surface area contributed by atoms with Crippen molar-refractivity contribution in [1.82, 2.24) is 4.90 Å². The minimum atomic E-state index is 0.0705. The molecule has 1 saturated carbocycles. The molecular formula is C16H20N2O2. The summed E-state index contributed by atoms with van der Waals surface area (Å²) in [6.07, 6.45) is 3.31. The van der Waals surface area contributed by atoms with Gasteiger partial charge < -0.3 is 15.4 Å². The smallest absolute Gasteiger partial charge is 0.254 e. The number of hydrogen-bond donors (Lipinski definition) is 1. The molecule has 2 heterocycles. The monoisotopic (exact) mass is 272 g/mol. The van der Waals surface area contributed by atoms with E-state index >= 15 is 0 Å². The summed E-state index contributed by atoms with van der Waals surface area (Å²) in [4.78, 5) is 14.6. The number of nitrogens with zero attached hydrogens (tertiary/aromatic N) is 1. The fourth-order valence-electron chi connectivity index (χ4n) is 4.03. The fraction of sp³-hybridized carbons (Fsp3) is 0.562. The van der Waals surface area contributed by atoms with Gasteiger partial charge in [-0.05, 0) is 30.9 Å². The van der Waals surface area contributed by atoms with Crippen LogP contribution in [0.2, 0.25) is 0 Å². The summed E-state index contributed by atoms with van der Waals surface area (Å²) in [5.41, 5.74) is 8.31. The molecule has 0 radical (unpaired) electrons. The number of fused-ring (bicyclic) bond motifs is 2. The van der Waals surface area contributed by atoms with Crippen LogP contribution in [0.1, 0.15) is 28.8 Å². The Labute approximate surface area is 118 Å². The van der Waals surface area contributed by atoms with Gasteiger partial charge in [-0.1, -0.05) is 18.2 Å². The van der Waals surface area contributed by atoms with Crippen LogP contribution in [-0.4, -0.2) is 42.1 Å². The fourth-order valence-corrected chi connectivity index (χ4v) is 4.03. The lowest BCUT2D eigenvalue weighted by atomic mass is 9.67. The molecular weight excluding hydrogens is 252 g/mol. The molecule has 4 rings (SSSR count). The lowest BCUT2D eigenvalue weighted by molar-refractivity contribution is -0.146. The molecule has 1 saturated heterocycles. The van der Waals surface area contributed by atoms with Crippen molar-refractivity contribution in [2.45, 2.75) is 37.5 Å². The van der Waals surface area contributed by atoms with Crippen LogP contribution in [0, 0.1) is 5.92 Å². The largest absolute Gasteiger partial charge is 0.376 e. The maximum atomic E-state index is 12.7. The molecule has 1 aromatic rings. The highest BCUT2D eigenvalue weighted by molar-refractivity contribution is 5.97. The molecule has 4 heteroatoms. The summed E-state index contributed by atoms with van der Waals surface area (Å²) in [5.74, 6) is 0.568. The number of benzene rings is 1. The lowest BCUT2D eigenvalue weighted by Gasteiger charge is -2.56. The van der Waals surface area contributed by atoms with Gasteiger partial charge in [-0.15, -0.1) is 0 Å². The van der Waals surface area contributed by atoms with E-state index in [0.29, 0.717) is 5.92 Å². The van der Waals surface area contributed by atoms with E-state index in [4.69, 9.17) is 10.5 Å². The maximum Gasteiger partial charge on any atom is 0.254 e. The highest BCUT2D eigenvalue weighted by Crippen LogP contribution is 2.41. The minimum absolute atomic E-state index is 0.0705. The Bertz CT molecular complexity index is 545. The Morgan fingerprint density at radius 1 is 1.30 bits per heavy atom. The lowest BCUT2D eigenvalue weighted by Crippen LogP contribution is -2.73. The third-order valence-electron chi connectivity index (χ3n) is 5.13. The molecule has 106 valence electrons. The normalized spacial score (nSPS) is 36.0. The Kier molecular flexibility index (Phi) is 2.82. The van der Waals surface area contributed by atoms with Crippen molar-refractivity contribution in [3.05, 3.63) is 35.4 Å². The maximum absolute atomic E-state index is 12.7. The number of rotatable bonds is 1. The van der Waals surface area contributed by atoms with Crippen LogP contribution < -0.4 is 5.73 Å². The van der Waals surface area contributed by atoms with Crippen molar-refractivity contribution in [3.63, 3.8) is 0 Å². The quantitative estimate of drug-likeness (QED) is 0.835. The van der Waals surface area contributed by atoms with Gasteiger partial charge in [0.05, 0.1) is 12.1 Å². The SMILES string of the molecule is NC1C2CCCOC2C1N1CCc2ccccc2C1=O. The molecule has 20 heavy (non-hydrogen) atoms. The molecule has 2 N–H and O–H groups in total. The standard InChI is InChI=1S/C16H20N2O2/c17-13-12-6-3-9-20-15(12)14(13)18-8-7-10-4-1-2-5-11(10)16(18)19/h1-2,4-5,12-15H,3,6-9,17H2. The summed E-state index contributed by atoms with van der Waals surface area (Å²) in [6, 6.07) is 8.05. The third-order valence-corrected chi connectivity index (χ3v) is 5.13. The van der Waals surface area contributed by atoms with E-state index in [9.17, 15) is 4.79 Å². The molecule has 4 nitrogen and oxygen atoms in total. The predicted molar refractivity (Wildman–Crippen MR) is 75.4 cm³/mol. The van der Waals surface area contributed by atoms with Gasteiger partial charge in [-0.3, -0.25) is 4.79 Å². The Morgan fingerprint density at radius 2 is 2.15 bits per heavy atom. The molecule has 0 bridgehead atoms. The van der Waals surface area contributed by atoms with E-state index in [-0.39, 0.29) is 24.1 Å². The van der Waals surface area contributed by atoms with Crippen LogP contribution in [-0.2, 0) is 11.2 Å². The Balaban J connectivity index is 1.60. The van der Waals surface area contributed by atoms with Crippen LogP contribution in [0.15, 0.2) is 24.3 Å². The molecule has 1 aliphatic carbocycles.